The predicted octanol–water partition coefficient (Wildman–Crippen LogP) is 4.35. The lowest BCUT2D eigenvalue weighted by atomic mass is 10.2. The molecule has 0 fully saturated rings. The average Bonchev–Trinajstić information content (AvgIpc) is 2.64. The van der Waals surface area contributed by atoms with Crippen molar-refractivity contribution in [1.29, 1.82) is 0 Å². The molecule has 0 aliphatic rings. The first-order chi connectivity index (χ1) is 12.7. The lowest BCUT2D eigenvalue weighted by Gasteiger charge is -2.06. The lowest BCUT2D eigenvalue weighted by Crippen LogP contribution is -1.98. The molecular weight excluding hydrogens is 352 g/mol. The highest BCUT2D eigenvalue weighted by atomic mass is 35.5. The van der Waals surface area contributed by atoms with E-state index in [0.717, 1.165) is 5.56 Å². The van der Waals surface area contributed by atoms with Crippen molar-refractivity contribution in [2.45, 2.75) is 6.92 Å². The van der Waals surface area contributed by atoms with Crippen LogP contribution in [0.15, 0.2) is 59.7 Å². The van der Waals surface area contributed by atoms with Gasteiger partial charge in [-0.05, 0) is 19.1 Å². The Bertz CT molecular complexity index is 917. The van der Waals surface area contributed by atoms with Gasteiger partial charge in [0.05, 0.1) is 12.8 Å². The minimum atomic E-state index is 0.0761. The van der Waals surface area contributed by atoms with Gasteiger partial charge in [-0.25, -0.2) is 9.97 Å². The molecule has 0 atom stereocenters. The molecule has 6 nitrogen and oxygen atoms in total. The van der Waals surface area contributed by atoms with E-state index in [1.165, 1.54) is 6.21 Å². The first kappa shape index (κ1) is 17.7. The molecule has 1 heterocycles. The highest BCUT2D eigenvalue weighted by Gasteiger charge is 2.05. The second kappa shape index (κ2) is 8.31. The Hall–Kier alpha value is -3.12. The predicted molar refractivity (Wildman–Crippen MR) is 103 cm³/mol. The molecule has 3 rings (SSSR count). The number of ether oxygens (including phenoxy) is 1. The molecule has 2 N–H and O–H groups in total. The minimum absolute atomic E-state index is 0.0761. The highest BCUT2D eigenvalue weighted by Crippen LogP contribution is 2.23. The molecule has 0 saturated carbocycles. The normalized spacial score (nSPS) is 10.8. The van der Waals surface area contributed by atoms with Gasteiger partial charge in [-0.2, -0.15) is 5.10 Å². The number of hydrogen-bond acceptors (Lipinski definition) is 6. The zero-order valence-corrected chi connectivity index (χ0v) is 14.8. The van der Waals surface area contributed by atoms with E-state index < -0.39 is 0 Å². The first-order valence-corrected chi connectivity index (χ1v) is 8.38. The van der Waals surface area contributed by atoms with Crippen LogP contribution in [0.25, 0.3) is 11.4 Å². The van der Waals surface area contributed by atoms with Crippen molar-refractivity contribution in [3.05, 3.63) is 65.3 Å². The van der Waals surface area contributed by atoms with Gasteiger partial charge in [0.25, 0.3) is 0 Å². The van der Waals surface area contributed by atoms with Crippen LogP contribution in [0.5, 0.6) is 11.5 Å². The fraction of sp³-hybridized carbons (Fsp3) is 0.105. The van der Waals surface area contributed by atoms with Crippen molar-refractivity contribution < 1.29 is 9.84 Å². The van der Waals surface area contributed by atoms with Crippen LogP contribution in [0.1, 0.15) is 12.5 Å². The van der Waals surface area contributed by atoms with Gasteiger partial charge in [0.15, 0.2) is 11.6 Å². The maximum atomic E-state index is 10.0. The van der Waals surface area contributed by atoms with Crippen LogP contribution >= 0.6 is 11.6 Å². The van der Waals surface area contributed by atoms with E-state index in [0.29, 0.717) is 34.7 Å². The second-order valence-electron chi connectivity index (χ2n) is 5.29. The number of hydrazone groups is 1. The summed E-state index contributed by atoms with van der Waals surface area (Å²) >= 11 is 6.07. The summed E-state index contributed by atoms with van der Waals surface area (Å²) in [6.07, 6.45) is 1.49. The number of nitrogens with one attached hydrogen (secondary N) is 1. The summed E-state index contributed by atoms with van der Waals surface area (Å²) in [6.45, 7) is 2.42. The molecule has 0 saturated heterocycles. The molecule has 26 heavy (non-hydrogen) atoms. The molecule has 7 heteroatoms. The molecule has 0 unspecified atom stereocenters. The fourth-order valence-electron chi connectivity index (χ4n) is 2.25. The SMILES string of the molecule is CCOc1ccc(/C=N\Nc2cc(Cl)nc(-c3ccccc3)n2)c(O)c1. The summed E-state index contributed by atoms with van der Waals surface area (Å²) in [5, 5.41) is 14.4. The van der Waals surface area contributed by atoms with Gasteiger partial charge < -0.3 is 9.84 Å². The van der Waals surface area contributed by atoms with Crippen LogP contribution in [0.2, 0.25) is 5.15 Å². The minimum Gasteiger partial charge on any atom is -0.507 e. The van der Waals surface area contributed by atoms with E-state index in [9.17, 15) is 5.11 Å². The number of benzene rings is 2. The third-order valence-corrected chi connectivity index (χ3v) is 3.62. The molecular formula is C19H17ClN4O2. The van der Waals surface area contributed by atoms with Crippen molar-refractivity contribution in [3.8, 4) is 22.9 Å². The molecule has 0 spiro atoms. The molecule has 0 radical (unpaired) electrons. The van der Waals surface area contributed by atoms with Gasteiger partial charge in [-0.15, -0.1) is 0 Å². The van der Waals surface area contributed by atoms with Crippen molar-refractivity contribution in [3.63, 3.8) is 0 Å². The Morgan fingerprint density at radius 2 is 1.96 bits per heavy atom. The van der Waals surface area contributed by atoms with Gasteiger partial charge >= 0.3 is 0 Å². The third-order valence-electron chi connectivity index (χ3n) is 3.42. The lowest BCUT2D eigenvalue weighted by molar-refractivity contribution is 0.337. The van der Waals surface area contributed by atoms with E-state index in [1.807, 2.05) is 37.3 Å². The summed E-state index contributed by atoms with van der Waals surface area (Å²) < 4.78 is 5.33. The Morgan fingerprint density at radius 3 is 2.69 bits per heavy atom. The Labute approximate surface area is 156 Å². The summed E-state index contributed by atoms with van der Waals surface area (Å²) in [6, 6.07) is 16.1. The zero-order valence-electron chi connectivity index (χ0n) is 14.1. The molecule has 0 bridgehead atoms. The van der Waals surface area contributed by atoms with E-state index in [4.69, 9.17) is 16.3 Å². The van der Waals surface area contributed by atoms with Crippen LogP contribution in [-0.4, -0.2) is 27.9 Å². The quantitative estimate of drug-likeness (QED) is 0.384. The Balaban J connectivity index is 1.75. The first-order valence-electron chi connectivity index (χ1n) is 8.00. The fourth-order valence-corrected chi connectivity index (χ4v) is 2.43. The number of aromatic nitrogens is 2. The average molecular weight is 369 g/mol. The van der Waals surface area contributed by atoms with Gasteiger partial charge in [0.1, 0.15) is 16.7 Å². The van der Waals surface area contributed by atoms with Gasteiger partial charge in [0.2, 0.25) is 0 Å². The third kappa shape index (κ3) is 4.49. The van der Waals surface area contributed by atoms with Crippen LogP contribution in [0.4, 0.5) is 5.82 Å². The number of hydrogen-bond donors (Lipinski definition) is 2. The van der Waals surface area contributed by atoms with Crippen molar-refractivity contribution in [1.82, 2.24) is 9.97 Å². The van der Waals surface area contributed by atoms with E-state index >= 15 is 0 Å². The highest BCUT2D eigenvalue weighted by molar-refractivity contribution is 6.29. The number of anilines is 1. The van der Waals surface area contributed by atoms with Crippen LogP contribution in [-0.2, 0) is 0 Å². The molecule has 132 valence electrons. The standard InChI is InChI=1S/C19H17ClN4O2/c1-2-26-15-9-8-14(16(25)10-15)12-21-24-18-11-17(20)22-19(23-18)13-6-4-3-5-7-13/h3-12,25H,2H2,1H3,(H,22,23,24)/b21-12-. The van der Waals surface area contributed by atoms with Gasteiger partial charge in [-0.3, -0.25) is 5.43 Å². The number of halogens is 1. The maximum Gasteiger partial charge on any atom is 0.163 e. The number of nitrogens with zero attached hydrogens (tertiary/aromatic N) is 3. The summed E-state index contributed by atoms with van der Waals surface area (Å²) in [5.74, 6) is 1.63. The summed E-state index contributed by atoms with van der Waals surface area (Å²) in [4.78, 5) is 8.61. The summed E-state index contributed by atoms with van der Waals surface area (Å²) in [5.41, 5.74) is 4.20. The van der Waals surface area contributed by atoms with Gasteiger partial charge in [-0.1, -0.05) is 41.9 Å². The number of phenols is 1. The van der Waals surface area contributed by atoms with Crippen LogP contribution < -0.4 is 10.2 Å². The Kier molecular flexibility index (Phi) is 5.66. The second-order valence-corrected chi connectivity index (χ2v) is 5.68. The van der Waals surface area contributed by atoms with Gasteiger partial charge in [0, 0.05) is 23.3 Å². The number of phenolic OH excluding ortho intramolecular Hbond substituents is 1. The molecule has 0 aliphatic heterocycles. The molecule has 3 aromatic rings. The smallest absolute Gasteiger partial charge is 0.163 e. The molecule has 0 aliphatic carbocycles. The topological polar surface area (TPSA) is 79.6 Å². The van der Waals surface area contributed by atoms with Crippen molar-refractivity contribution in [2.24, 2.45) is 5.10 Å². The van der Waals surface area contributed by atoms with E-state index in [-0.39, 0.29) is 5.75 Å². The van der Waals surface area contributed by atoms with E-state index in [1.54, 1.807) is 24.3 Å². The molecule has 2 aromatic carbocycles. The molecule has 0 amide bonds. The largest absolute Gasteiger partial charge is 0.507 e. The Morgan fingerprint density at radius 1 is 1.15 bits per heavy atom. The van der Waals surface area contributed by atoms with Crippen molar-refractivity contribution >= 4 is 23.6 Å². The summed E-state index contributed by atoms with van der Waals surface area (Å²) in [7, 11) is 0. The maximum absolute atomic E-state index is 10.0. The number of rotatable bonds is 6. The van der Waals surface area contributed by atoms with Crippen LogP contribution in [0.3, 0.4) is 0 Å². The monoisotopic (exact) mass is 368 g/mol. The zero-order chi connectivity index (χ0) is 18.4. The number of aromatic hydroxyl groups is 1. The van der Waals surface area contributed by atoms with Crippen LogP contribution in [0, 0.1) is 0 Å². The van der Waals surface area contributed by atoms with Crippen molar-refractivity contribution in [2.75, 3.05) is 12.0 Å². The molecule has 1 aromatic heterocycles. The van der Waals surface area contributed by atoms with E-state index in [2.05, 4.69) is 20.5 Å².